The fourth-order valence-electron chi connectivity index (χ4n) is 6.51. The van der Waals surface area contributed by atoms with Gasteiger partial charge in [0.15, 0.2) is 6.10 Å². The molecular formula is C45H86O6. The molecule has 0 aromatic heterocycles. The summed E-state index contributed by atoms with van der Waals surface area (Å²) in [6, 6.07) is 0. The van der Waals surface area contributed by atoms with E-state index in [1.807, 2.05) is 0 Å². The summed E-state index contributed by atoms with van der Waals surface area (Å²) in [6.07, 6.45) is 35.4. The van der Waals surface area contributed by atoms with Crippen LogP contribution in [-0.4, -0.2) is 37.2 Å². The summed E-state index contributed by atoms with van der Waals surface area (Å²) < 4.78 is 16.6. The lowest BCUT2D eigenvalue weighted by atomic mass is 9.99. The van der Waals surface area contributed by atoms with Gasteiger partial charge in [-0.2, -0.15) is 0 Å². The van der Waals surface area contributed by atoms with E-state index in [1.54, 1.807) is 0 Å². The summed E-state index contributed by atoms with van der Waals surface area (Å²) in [5, 5.41) is 0. The van der Waals surface area contributed by atoms with Crippen molar-refractivity contribution in [1.82, 2.24) is 0 Å². The smallest absolute Gasteiger partial charge is 0.306 e. The minimum Gasteiger partial charge on any atom is -0.462 e. The molecule has 0 aromatic carbocycles. The molecule has 0 saturated heterocycles. The molecule has 0 aliphatic heterocycles. The van der Waals surface area contributed by atoms with Crippen molar-refractivity contribution in [1.29, 1.82) is 0 Å². The van der Waals surface area contributed by atoms with Gasteiger partial charge >= 0.3 is 17.9 Å². The molecule has 0 amide bonds. The summed E-state index contributed by atoms with van der Waals surface area (Å²) in [4.78, 5) is 37.4. The molecule has 0 rings (SSSR count). The topological polar surface area (TPSA) is 78.9 Å². The average Bonchev–Trinajstić information content (AvgIpc) is 3.13. The lowest BCUT2D eigenvalue weighted by Crippen LogP contribution is -2.30. The molecule has 0 N–H and O–H groups in total. The van der Waals surface area contributed by atoms with Gasteiger partial charge in [0.1, 0.15) is 13.2 Å². The van der Waals surface area contributed by atoms with Crippen LogP contribution in [0.25, 0.3) is 0 Å². The molecule has 2 unspecified atom stereocenters. The Kier molecular flexibility index (Phi) is 37.0. The molecule has 0 aliphatic rings. The number of carbonyl (C=O) groups excluding carboxylic acids is 3. The zero-order chi connectivity index (χ0) is 37.6. The maximum atomic E-state index is 12.7. The molecular weight excluding hydrogens is 636 g/mol. The van der Waals surface area contributed by atoms with Crippen LogP contribution in [0.15, 0.2) is 0 Å². The molecule has 0 aliphatic carbocycles. The number of ether oxygens (including phenoxy) is 3. The second kappa shape index (κ2) is 38.1. The Morgan fingerprint density at radius 3 is 1.02 bits per heavy atom. The van der Waals surface area contributed by atoms with Gasteiger partial charge in [-0.3, -0.25) is 14.4 Å². The van der Waals surface area contributed by atoms with Gasteiger partial charge in [-0.05, 0) is 31.1 Å². The Labute approximate surface area is 317 Å². The quantitative estimate of drug-likeness (QED) is 0.0357. The fraction of sp³-hybridized carbons (Fsp3) is 0.933. The molecule has 51 heavy (non-hydrogen) atoms. The summed E-state index contributed by atoms with van der Waals surface area (Å²) in [5.41, 5.74) is 0. The number of hydrogen-bond donors (Lipinski definition) is 0. The first-order valence-electron chi connectivity index (χ1n) is 22.3. The fourth-order valence-corrected chi connectivity index (χ4v) is 6.51. The standard InChI is InChI=1S/C45H86O6/c1-6-9-10-23-30-35-43(46)49-38-42(39-50-44(47)36-31-26-22-21-25-29-34-41(5)8-3)51-45(48)37-32-27-20-18-16-14-12-11-13-15-17-19-24-28-33-40(4)7-2/h40-42H,6-39H2,1-5H3/t40?,41?,42-/m1/s1. The van der Waals surface area contributed by atoms with E-state index in [2.05, 4.69) is 34.6 Å². The van der Waals surface area contributed by atoms with Gasteiger partial charge in [0.05, 0.1) is 0 Å². The molecule has 0 bridgehead atoms. The molecule has 0 heterocycles. The van der Waals surface area contributed by atoms with Crippen molar-refractivity contribution >= 4 is 17.9 Å². The van der Waals surface area contributed by atoms with Gasteiger partial charge in [-0.15, -0.1) is 0 Å². The van der Waals surface area contributed by atoms with Crippen LogP contribution in [0.1, 0.15) is 240 Å². The highest BCUT2D eigenvalue weighted by atomic mass is 16.6. The number of rotatable bonds is 39. The summed E-state index contributed by atoms with van der Waals surface area (Å²) in [6.45, 7) is 11.3. The van der Waals surface area contributed by atoms with Crippen molar-refractivity contribution < 1.29 is 28.6 Å². The summed E-state index contributed by atoms with van der Waals surface area (Å²) >= 11 is 0. The largest absolute Gasteiger partial charge is 0.462 e. The van der Waals surface area contributed by atoms with Gasteiger partial charge in [-0.25, -0.2) is 0 Å². The van der Waals surface area contributed by atoms with Crippen molar-refractivity contribution in [2.24, 2.45) is 11.8 Å². The number of esters is 3. The van der Waals surface area contributed by atoms with Gasteiger partial charge in [-0.1, -0.05) is 202 Å². The van der Waals surface area contributed by atoms with Crippen LogP contribution in [0.4, 0.5) is 0 Å². The molecule has 6 heteroatoms. The Balaban J connectivity index is 4.17. The van der Waals surface area contributed by atoms with Crippen molar-refractivity contribution in [2.75, 3.05) is 13.2 Å². The van der Waals surface area contributed by atoms with E-state index in [1.165, 1.54) is 122 Å². The van der Waals surface area contributed by atoms with Crippen molar-refractivity contribution in [3.05, 3.63) is 0 Å². The molecule has 3 atom stereocenters. The average molecular weight is 723 g/mol. The minimum atomic E-state index is -0.759. The first kappa shape index (κ1) is 49.4. The van der Waals surface area contributed by atoms with Crippen LogP contribution in [0.2, 0.25) is 0 Å². The third kappa shape index (κ3) is 36.6. The normalized spacial score (nSPS) is 13.1. The zero-order valence-electron chi connectivity index (χ0n) is 34.7. The second-order valence-corrected chi connectivity index (χ2v) is 15.8. The van der Waals surface area contributed by atoms with Crippen LogP contribution in [0.3, 0.4) is 0 Å². The summed E-state index contributed by atoms with van der Waals surface area (Å²) in [7, 11) is 0. The second-order valence-electron chi connectivity index (χ2n) is 15.8. The zero-order valence-corrected chi connectivity index (χ0v) is 34.7. The van der Waals surface area contributed by atoms with Crippen LogP contribution >= 0.6 is 0 Å². The number of hydrogen-bond acceptors (Lipinski definition) is 6. The number of unbranched alkanes of at least 4 members (excludes halogenated alkanes) is 22. The van der Waals surface area contributed by atoms with Gasteiger partial charge in [0.2, 0.25) is 0 Å². The van der Waals surface area contributed by atoms with E-state index < -0.39 is 6.10 Å². The molecule has 0 saturated carbocycles. The van der Waals surface area contributed by atoms with Crippen LogP contribution in [0.5, 0.6) is 0 Å². The Hall–Kier alpha value is -1.59. The highest BCUT2D eigenvalue weighted by Gasteiger charge is 2.19. The first-order valence-corrected chi connectivity index (χ1v) is 22.3. The maximum Gasteiger partial charge on any atom is 0.306 e. The van der Waals surface area contributed by atoms with E-state index >= 15 is 0 Å². The molecule has 0 spiro atoms. The first-order chi connectivity index (χ1) is 24.8. The van der Waals surface area contributed by atoms with E-state index in [0.717, 1.165) is 76.0 Å². The molecule has 302 valence electrons. The highest BCUT2D eigenvalue weighted by molar-refractivity contribution is 5.71. The summed E-state index contributed by atoms with van der Waals surface area (Å²) in [5.74, 6) is 0.834. The molecule has 0 aromatic rings. The third-order valence-corrected chi connectivity index (χ3v) is 10.7. The highest BCUT2D eigenvalue weighted by Crippen LogP contribution is 2.17. The Morgan fingerprint density at radius 1 is 0.392 bits per heavy atom. The maximum absolute atomic E-state index is 12.7. The lowest BCUT2D eigenvalue weighted by Gasteiger charge is -2.18. The van der Waals surface area contributed by atoms with Gasteiger partial charge in [0.25, 0.3) is 0 Å². The van der Waals surface area contributed by atoms with Crippen molar-refractivity contribution in [2.45, 2.75) is 246 Å². The van der Waals surface area contributed by atoms with Crippen LogP contribution in [-0.2, 0) is 28.6 Å². The van der Waals surface area contributed by atoms with Crippen molar-refractivity contribution in [3.8, 4) is 0 Å². The van der Waals surface area contributed by atoms with E-state index in [0.29, 0.717) is 19.3 Å². The van der Waals surface area contributed by atoms with Gasteiger partial charge < -0.3 is 14.2 Å². The molecule has 0 fully saturated rings. The predicted octanol–water partition coefficient (Wildman–Crippen LogP) is 13.8. The van der Waals surface area contributed by atoms with E-state index in [9.17, 15) is 14.4 Å². The third-order valence-electron chi connectivity index (χ3n) is 10.7. The van der Waals surface area contributed by atoms with E-state index in [4.69, 9.17) is 14.2 Å². The van der Waals surface area contributed by atoms with Crippen molar-refractivity contribution in [3.63, 3.8) is 0 Å². The monoisotopic (exact) mass is 723 g/mol. The van der Waals surface area contributed by atoms with Gasteiger partial charge in [0, 0.05) is 19.3 Å². The number of carbonyl (C=O) groups is 3. The SMILES string of the molecule is CCCCCCCC(=O)OC[C@H](COC(=O)CCCCCCCCC(C)CC)OC(=O)CCCCCCCCCCCCCCCCC(C)CC. The Morgan fingerprint density at radius 2 is 0.686 bits per heavy atom. The predicted molar refractivity (Wildman–Crippen MR) is 215 cm³/mol. The minimum absolute atomic E-state index is 0.0671. The van der Waals surface area contributed by atoms with Crippen LogP contribution < -0.4 is 0 Å². The lowest BCUT2D eigenvalue weighted by molar-refractivity contribution is -0.167. The van der Waals surface area contributed by atoms with E-state index in [-0.39, 0.29) is 31.1 Å². The molecule has 6 nitrogen and oxygen atoms in total. The Bertz CT molecular complexity index is 783. The molecule has 0 radical (unpaired) electrons. The van der Waals surface area contributed by atoms with Crippen LogP contribution in [0, 0.1) is 11.8 Å².